The number of hydrogen-bond donors (Lipinski definition) is 3. The van der Waals surface area contributed by atoms with Crippen LogP contribution in [0.15, 0.2) is 18.2 Å². The summed E-state index contributed by atoms with van der Waals surface area (Å²) in [4.78, 5) is 14.2. The van der Waals surface area contributed by atoms with E-state index in [1.807, 2.05) is 6.07 Å². The third-order valence-corrected chi connectivity index (χ3v) is 3.10. The van der Waals surface area contributed by atoms with Crippen LogP contribution in [0, 0.1) is 0 Å². The van der Waals surface area contributed by atoms with E-state index in [1.165, 1.54) is 11.3 Å². The zero-order chi connectivity index (χ0) is 11.1. The monoisotopic (exact) mass is 216 g/mol. The number of nitrogens with one attached hydrogen (secondary N) is 2. The Kier molecular flexibility index (Phi) is 1.97. The van der Waals surface area contributed by atoms with E-state index in [1.54, 1.807) is 12.1 Å². The Morgan fingerprint density at radius 2 is 2.25 bits per heavy atom. The molecule has 0 spiro atoms. The minimum absolute atomic E-state index is 0.332. The first kappa shape index (κ1) is 9.42. The molecule has 3 N–H and O–H groups in total. The van der Waals surface area contributed by atoms with Gasteiger partial charge in [-0.25, -0.2) is 4.79 Å². The van der Waals surface area contributed by atoms with Crippen molar-refractivity contribution in [1.29, 1.82) is 0 Å². The van der Waals surface area contributed by atoms with Crippen LogP contribution in [0.1, 0.15) is 21.6 Å². The number of carboxylic acid groups (broad SMARTS) is 1. The average molecular weight is 216 g/mol. The van der Waals surface area contributed by atoms with Gasteiger partial charge in [0, 0.05) is 36.1 Å². The van der Waals surface area contributed by atoms with Crippen molar-refractivity contribution in [2.24, 2.45) is 0 Å². The molecule has 1 aromatic carbocycles. The third kappa shape index (κ3) is 1.31. The van der Waals surface area contributed by atoms with Crippen LogP contribution in [0.2, 0.25) is 0 Å². The summed E-state index contributed by atoms with van der Waals surface area (Å²) in [6, 6.07) is 5.25. The van der Waals surface area contributed by atoms with E-state index in [0.29, 0.717) is 5.56 Å². The second-order valence-corrected chi connectivity index (χ2v) is 4.07. The first-order valence-corrected chi connectivity index (χ1v) is 5.33. The zero-order valence-electron chi connectivity index (χ0n) is 8.71. The summed E-state index contributed by atoms with van der Waals surface area (Å²) >= 11 is 0. The van der Waals surface area contributed by atoms with Crippen molar-refractivity contribution >= 4 is 16.9 Å². The van der Waals surface area contributed by atoms with Crippen molar-refractivity contribution in [3.63, 3.8) is 0 Å². The minimum Gasteiger partial charge on any atom is -0.478 e. The molecule has 0 aliphatic carbocycles. The predicted octanol–water partition coefficient (Wildman–Crippen LogP) is 1.51. The lowest BCUT2D eigenvalue weighted by Gasteiger charge is -2.12. The van der Waals surface area contributed by atoms with Gasteiger partial charge in [0.2, 0.25) is 0 Å². The van der Waals surface area contributed by atoms with Crippen LogP contribution in [0.4, 0.5) is 0 Å². The number of fused-ring (bicyclic) bond motifs is 3. The van der Waals surface area contributed by atoms with Gasteiger partial charge in [0.05, 0.1) is 5.56 Å². The maximum Gasteiger partial charge on any atom is 0.335 e. The number of H-pyrrole nitrogens is 1. The van der Waals surface area contributed by atoms with E-state index < -0.39 is 5.97 Å². The summed E-state index contributed by atoms with van der Waals surface area (Å²) in [6.45, 7) is 1.84. The van der Waals surface area contributed by atoms with E-state index >= 15 is 0 Å². The zero-order valence-corrected chi connectivity index (χ0v) is 8.71. The molecule has 4 heteroatoms. The molecule has 16 heavy (non-hydrogen) atoms. The van der Waals surface area contributed by atoms with Crippen molar-refractivity contribution in [2.75, 3.05) is 6.54 Å². The Balaban J connectivity index is 2.22. The highest BCUT2D eigenvalue weighted by molar-refractivity contribution is 5.94. The number of aromatic carboxylic acids is 1. The van der Waals surface area contributed by atoms with Crippen molar-refractivity contribution in [1.82, 2.24) is 10.3 Å². The van der Waals surface area contributed by atoms with Crippen LogP contribution in [0.5, 0.6) is 0 Å². The molecule has 0 amide bonds. The topological polar surface area (TPSA) is 65.1 Å². The molecule has 0 radical (unpaired) electrons. The first-order chi connectivity index (χ1) is 7.75. The van der Waals surface area contributed by atoms with Crippen LogP contribution < -0.4 is 5.32 Å². The van der Waals surface area contributed by atoms with Gasteiger partial charge in [0.25, 0.3) is 0 Å². The maximum atomic E-state index is 10.9. The van der Waals surface area contributed by atoms with Gasteiger partial charge in [-0.3, -0.25) is 0 Å². The van der Waals surface area contributed by atoms with Crippen LogP contribution in [0.25, 0.3) is 10.9 Å². The molecular formula is C12H12N2O2. The number of carbonyl (C=O) groups is 1. The predicted molar refractivity (Wildman–Crippen MR) is 60.7 cm³/mol. The number of benzene rings is 1. The van der Waals surface area contributed by atoms with Crippen LogP contribution in [-0.2, 0) is 13.0 Å². The van der Waals surface area contributed by atoms with Gasteiger partial charge in [-0.1, -0.05) is 6.07 Å². The van der Waals surface area contributed by atoms with Crippen LogP contribution in [-0.4, -0.2) is 22.6 Å². The van der Waals surface area contributed by atoms with Crippen LogP contribution >= 0.6 is 0 Å². The van der Waals surface area contributed by atoms with E-state index in [2.05, 4.69) is 10.3 Å². The van der Waals surface area contributed by atoms with Gasteiger partial charge in [-0.2, -0.15) is 0 Å². The SMILES string of the molecule is O=C(O)c1ccc2c3c([nH]c2c1)CCNC3. The lowest BCUT2D eigenvalue weighted by molar-refractivity contribution is 0.0697. The highest BCUT2D eigenvalue weighted by atomic mass is 16.4. The summed E-state index contributed by atoms with van der Waals surface area (Å²) in [6.07, 6.45) is 0.979. The average Bonchev–Trinajstić information content (AvgIpc) is 2.66. The molecule has 0 saturated carbocycles. The molecule has 82 valence electrons. The van der Waals surface area contributed by atoms with E-state index in [-0.39, 0.29) is 0 Å². The summed E-state index contributed by atoms with van der Waals surface area (Å²) < 4.78 is 0. The Hall–Kier alpha value is -1.81. The Morgan fingerprint density at radius 3 is 3.06 bits per heavy atom. The fraction of sp³-hybridized carbons (Fsp3) is 0.250. The second kappa shape index (κ2) is 3.35. The summed E-state index contributed by atoms with van der Waals surface area (Å²) in [7, 11) is 0. The Labute approximate surface area is 92.3 Å². The standard InChI is InChI=1S/C12H12N2O2/c15-12(16)7-1-2-8-9-6-13-4-3-10(9)14-11(8)5-7/h1-2,5,13-14H,3-4,6H2,(H,15,16). The van der Waals surface area contributed by atoms with Crippen molar-refractivity contribution < 1.29 is 9.90 Å². The highest BCUT2D eigenvalue weighted by Crippen LogP contribution is 2.25. The smallest absolute Gasteiger partial charge is 0.335 e. The largest absolute Gasteiger partial charge is 0.478 e. The second-order valence-electron chi connectivity index (χ2n) is 4.07. The van der Waals surface area contributed by atoms with E-state index in [4.69, 9.17) is 5.11 Å². The van der Waals surface area contributed by atoms with Crippen LogP contribution in [0.3, 0.4) is 0 Å². The molecule has 2 aromatic rings. The minimum atomic E-state index is -0.882. The number of rotatable bonds is 1. The van der Waals surface area contributed by atoms with Crippen molar-refractivity contribution in [3.05, 3.63) is 35.0 Å². The quantitative estimate of drug-likeness (QED) is 0.677. The van der Waals surface area contributed by atoms with Crippen molar-refractivity contribution in [3.8, 4) is 0 Å². The lowest BCUT2D eigenvalue weighted by atomic mass is 10.1. The number of carboxylic acids is 1. The molecule has 0 atom stereocenters. The molecule has 2 heterocycles. The number of hydrogen-bond acceptors (Lipinski definition) is 2. The van der Waals surface area contributed by atoms with Gasteiger partial charge in [-0.05, 0) is 17.7 Å². The molecular weight excluding hydrogens is 204 g/mol. The summed E-state index contributed by atoms with van der Waals surface area (Å²) in [5.74, 6) is -0.882. The lowest BCUT2D eigenvalue weighted by Crippen LogP contribution is -2.22. The normalized spacial score (nSPS) is 15.0. The number of aromatic amines is 1. The fourth-order valence-corrected chi connectivity index (χ4v) is 2.29. The summed E-state index contributed by atoms with van der Waals surface area (Å²) in [5.41, 5.74) is 3.77. The molecule has 0 bridgehead atoms. The molecule has 3 rings (SSSR count). The molecule has 1 aliphatic rings. The molecule has 1 aliphatic heterocycles. The maximum absolute atomic E-state index is 10.9. The van der Waals surface area contributed by atoms with E-state index in [9.17, 15) is 4.79 Å². The summed E-state index contributed by atoms with van der Waals surface area (Å²) in [5, 5.41) is 13.4. The molecule has 1 aromatic heterocycles. The van der Waals surface area contributed by atoms with Gasteiger partial charge < -0.3 is 15.4 Å². The first-order valence-electron chi connectivity index (χ1n) is 5.33. The van der Waals surface area contributed by atoms with Gasteiger partial charge in [0.15, 0.2) is 0 Å². The van der Waals surface area contributed by atoms with Crippen molar-refractivity contribution in [2.45, 2.75) is 13.0 Å². The third-order valence-electron chi connectivity index (χ3n) is 3.10. The van der Waals surface area contributed by atoms with E-state index in [0.717, 1.165) is 30.4 Å². The molecule has 0 fully saturated rings. The molecule has 0 saturated heterocycles. The Morgan fingerprint density at radius 1 is 1.38 bits per heavy atom. The Bertz CT molecular complexity index is 572. The highest BCUT2D eigenvalue weighted by Gasteiger charge is 2.15. The van der Waals surface area contributed by atoms with Gasteiger partial charge in [0.1, 0.15) is 0 Å². The van der Waals surface area contributed by atoms with Gasteiger partial charge in [-0.15, -0.1) is 0 Å². The molecule has 0 unspecified atom stereocenters. The van der Waals surface area contributed by atoms with Gasteiger partial charge >= 0.3 is 5.97 Å². The molecule has 4 nitrogen and oxygen atoms in total. The number of aromatic nitrogens is 1. The fourth-order valence-electron chi connectivity index (χ4n) is 2.29.